The maximum absolute atomic E-state index is 12.2. The van der Waals surface area contributed by atoms with Crippen molar-refractivity contribution >= 4 is 17.6 Å². The van der Waals surface area contributed by atoms with Crippen molar-refractivity contribution in [1.29, 1.82) is 0 Å². The highest BCUT2D eigenvalue weighted by Crippen LogP contribution is 2.23. The number of likely N-dealkylation sites (N-methyl/N-ethyl adjacent to an activating group) is 1. The number of nitrogens with one attached hydrogen (secondary N) is 1. The van der Waals surface area contributed by atoms with Gasteiger partial charge >= 0.3 is 6.03 Å². The third kappa shape index (κ3) is 5.09. The van der Waals surface area contributed by atoms with E-state index in [2.05, 4.69) is 12.2 Å². The van der Waals surface area contributed by atoms with Crippen LogP contribution in [0.1, 0.15) is 32.6 Å². The highest BCUT2D eigenvalue weighted by Gasteiger charge is 2.23. The molecule has 1 fully saturated rings. The summed E-state index contributed by atoms with van der Waals surface area (Å²) in [4.78, 5) is 13.9. The number of carbonyl (C=O) groups is 1. The standard InChI is InChI=1S/C17H25ClN2O2/c1-13-5-3-4-6-16(13)19-17(21)20(2)11-12-22-15-9-7-14(18)8-10-15/h7-10,13,16H,3-6,11-12H2,1-2H3,(H,19,21)/t13-,16+/m1/s1. The molecule has 1 aromatic carbocycles. The Hall–Kier alpha value is -1.42. The van der Waals surface area contributed by atoms with Crippen molar-refractivity contribution in [3.63, 3.8) is 0 Å². The number of hydrogen-bond donors (Lipinski definition) is 1. The van der Waals surface area contributed by atoms with Gasteiger partial charge in [0.1, 0.15) is 12.4 Å². The first-order chi connectivity index (χ1) is 10.6. The summed E-state index contributed by atoms with van der Waals surface area (Å²) in [6.07, 6.45) is 4.77. The summed E-state index contributed by atoms with van der Waals surface area (Å²) >= 11 is 5.83. The first-order valence-corrected chi connectivity index (χ1v) is 8.34. The Morgan fingerprint density at radius 1 is 1.32 bits per heavy atom. The molecule has 0 heterocycles. The van der Waals surface area contributed by atoms with E-state index < -0.39 is 0 Å². The molecular weight excluding hydrogens is 300 g/mol. The van der Waals surface area contributed by atoms with Crippen LogP contribution in [-0.4, -0.2) is 37.2 Å². The molecule has 2 rings (SSSR count). The van der Waals surface area contributed by atoms with E-state index in [1.54, 1.807) is 24.1 Å². The minimum atomic E-state index is -0.0153. The molecule has 0 aromatic heterocycles. The molecule has 2 atom stereocenters. The SMILES string of the molecule is C[C@@H]1CCCC[C@@H]1NC(=O)N(C)CCOc1ccc(Cl)cc1. The largest absolute Gasteiger partial charge is 0.492 e. The molecule has 2 amide bonds. The number of ether oxygens (including phenoxy) is 1. The van der Waals surface area contributed by atoms with Gasteiger partial charge in [-0.3, -0.25) is 0 Å². The van der Waals surface area contributed by atoms with Gasteiger partial charge in [0.2, 0.25) is 0 Å². The van der Waals surface area contributed by atoms with Gasteiger partial charge in [0.25, 0.3) is 0 Å². The summed E-state index contributed by atoms with van der Waals surface area (Å²) in [5.41, 5.74) is 0. The van der Waals surface area contributed by atoms with E-state index in [0.717, 1.165) is 12.2 Å². The van der Waals surface area contributed by atoms with E-state index in [0.29, 0.717) is 30.1 Å². The molecule has 0 radical (unpaired) electrons. The Morgan fingerprint density at radius 3 is 2.68 bits per heavy atom. The third-order valence-corrected chi connectivity index (χ3v) is 4.53. The smallest absolute Gasteiger partial charge is 0.317 e. The molecule has 1 aromatic rings. The average Bonchev–Trinajstić information content (AvgIpc) is 2.51. The topological polar surface area (TPSA) is 41.6 Å². The van der Waals surface area contributed by atoms with E-state index in [9.17, 15) is 4.79 Å². The molecule has 1 aliphatic carbocycles. The average molecular weight is 325 g/mol. The number of hydrogen-bond acceptors (Lipinski definition) is 2. The van der Waals surface area contributed by atoms with Gasteiger partial charge in [0.05, 0.1) is 6.54 Å². The zero-order chi connectivity index (χ0) is 15.9. The Bertz CT molecular complexity index is 478. The van der Waals surface area contributed by atoms with Gasteiger partial charge in [-0.1, -0.05) is 31.4 Å². The van der Waals surface area contributed by atoms with E-state index >= 15 is 0 Å². The third-order valence-electron chi connectivity index (χ3n) is 4.28. The van der Waals surface area contributed by atoms with Crippen LogP contribution in [0.5, 0.6) is 5.75 Å². The van der Waals surface area contributed by atoms with Crippen LogP contribution in [0.15, 0.2) is 24.3 Å². The molecular formula is C17H25ClN2O2. The predicted molar refractivity (Wildman–Crippen MR) is 89.5 cm³/mol. The first-order valence-electron chi connectivity index (χ1n) is 7.96. The van der Waals surface area contributed by atoms with Crippen molar-refractivity contribution in [1.82, 2.24) is 10.2 Å². The van der Waals surface area contributed by atoms with Crippen LogP contribution >= 0.6 is 11.6 Å². The summed E-state index contributed by atoms with van der Waals surface area (Å²) in [6, 6.07) is 7.52. The quantitative estimate of drug-likeness (QED) is 0.891. The van der Waals surface area contributed by atoms with Crippen LogP contribution < -0.4 is 10.1 Å². The maximum atomic E-state index is 12.2. The molecule has 0 unspecified atom stereocenters. The van der Waals surface area contributed by atoms with E-state index in [4.69, 9.17) is 16.3 Å². The number of amides is 2. The van der Waals surface area contributed by atoms with Gasteiger partial charge in [0.15, 0.2) is 0 Å². The molecule has 122 valence electrons. The number of nitrogens with zero attached hydrogens (tertiary/aromatic N) is 1. The predicted octanol–water partition coefficient (Wildman–Crippen LogP) is 3.94. The molecule has 22 heavy (non-hydrogen) atoms. The van der Waals surface area contributed by atoms with E-state index in [1.807, 2.05) is 12.1 Å². The van der Waals surface area contributed by atoms with Gasteiger partial charge in [0, 0.05) is 18.1 Å². The van der Waals surface area contributed by atoms with E-state index in [1.165, 1.54) is 19.3 Å². The fourth-order valence-corrected chi connectivity index (χ4v) is 2.86. The second-order valence-electron chi connectivity index (χ2n) is 6.04. The Morgan fingerprint density at radius 2 is 2.00 bits per heavy atom. The number of rotatable bonds is 5. The molecule has 0 aliphatic heterocycles. The number of halogens is 1. The Balaban J connectivity index is 1.70. The van der Waals surface area contributed by atoms with Crippen LogP contribution in [0.3, 0.4) is 0 Å². The molecule has 0 bridgehead atoms. The van der Waals surface area contributed by atoms with Gasteiger partial charge in [-0.25, -0.2) is 4.79 Å². The van der Waals surface area contributed by atoms with Gasteiger partial charge in [-0.2, -0.15) is 0 Å². The minimum absolute atomic E-state index is 0.0153. The summed E-state index contributed by atoms with van der Waals surface area (Å²) in [6.45, 7) is 3.23. The number of urea groups is 1. The number of carbonyl (C=O) groups excluding carboxylic acids is 1. The lowest BCUT2D eigenvalue weighted by molar-refractivity contribution is 0.181. The van der Waals surface area contributed by atoms with Crippen LogP contribution in [0.4, 0.5) is 4.79 Å². The minimum Gasteiger partial charge on any atom is -0.492 e. The molecule has 1 aliphatic rings. The highest BCUT2D eigenvalue weighted by atomic mass is 35.5. The lowest BCUT2D eigenvalue weighted by Gasteiger charge is -2.31. The second-order valence-corrected chi connectivity index (χ2v) is 6.48. The van der Waals surface area contributed by atoms with Gasteiger partial charge < -0.3 is 15.0 Å². The van der Waals surface area contributed by atoms with Crippen molar-refractivity contribution in [3.05, 3.63) is 29.3 Å². The van der Waals surface area contributed by atoms with Crippen molar-refractivity contribution in [2.75, 3.05) is 20.2 Å². The maximum Gasteiger partial charge on any atom is 0.317 e. The zero-order valence-electron chi connectivity index (χ0n) is 13.3. The van der Waals surface area contributed by atoms with Crippen LogP contribution in [0, 0.1) is 5.92 Å². The lowest BCUT2D eigenvalue weighted by atomic mass is 9.86. The summed E-state index contributed by atoms with van der Waals surface area (Å²) in [5.74, 6) is 1.33. The highest BCUT2D eigenvalue weighted by molar-refractivity contribution is 6.30. The molecule has 0 spiro atoms. The summed E-state index contributed by atoms with van der Waals surface area (Å²) < 4.78 is 5.61. The van der Waals surface area contributed by atoms with Crippen LogP contribution in [0.25, 0.3) is 0 Å². The second kappa shape index (κ2) is 8.28. The van der Waals surface area contributed by atoms with Crippen LogP contribution in [0.2, 0.25) is 5.02 Å². The number of benzene rings is 1. The summed E-state index contributed by atoms with van der Waals surface area (Å²) in [5, 5.41) is 3.82. The first kappa shape index (κ1) is 16.9. The van der Waals surface area contributed by atoms with Crippen molar-refractivity contribution < 1.29 is 9.53 Å². The fourth-order valence-electron chi connectivity index (χ4n) is 2.73. The van der Waals surface area contributed by atoms with Gasteiger partial charge in [-0.15, -0.1) is 0 Å². The summed E-state index contributed by atoms with van der Waals surface area (Å²) in [7, 11) is 1.80. The molecule has 5 heteroatoms. The molecule has 1 saturated carbocycles. The zero-order valence-corrected chi connectivity index (χ0v) is 14.1. The van der Waals surface area contributed by atoms with Gasteiger partial charge in [-0.05, 0) is 43.0 Å². The normalized spacial score (nSPS) is 21.2. The lowest BCUT2D eigenvalue weighted by Crippen LogP contribution is -2.47. The molecule has 0 saturated heterocycles. The monoisotopic (exact) mass is 324 g/mol. The van der Waals surface area contributed by atoms with Crippen LogP contribution in [-0.2, 0) is 0 Å². The van der Waals surface area contributed by atoms with Crippen molar-refractivity contribution in [2.45, 2.75) is 38.6 Å². The van der Waals surface area contributed by atoms with Crippen molar-refractivity contribution in [3.8, 4) is 5.75 Å². The Labute approximate surface area is 137 Å². The fraction of sp³-hybridized carbons (Fsp3) is 0.588. The Kier molecular flexibility index (Phi) is 6.37. The van der Waals surface area contributed by atoms with Crippen molar-refractivity contribution in [2.24, 2.45) is 5.92 Å². The van der Waals surface area contributed by atoms with E-state index in [-0.39, 0.29) is 6.03 Å². The molecule has 1 N–H and O–H groups in total. The molecule has 4 nitrogen and oxygen atoms in total.